The number of thioether (sulfide) groups is 1. The number of amides is 1. The zero-order chi connectivity index (χ0) is 22.0. The number of amidine groups is 1. The maximum absolute atomic E-state index is 12.4. The molecule has 2 aromatic carbocycles. The lowest BCUT2D eigenvalue weighted by Gasteiger charge is -2.03. The Morgan fingerprint density at radius 3 is 2.71 bits per heavy atom. The van der Waals surface area contributed by atoms with Gasteiger partial charge in [-0.1, -0.05) is 35.3 Å². The summed E-state index contributed by atoms with van der Waals surface area (Å²) in [6, 6.07) is 15.5. The lowest BCUT2D eigenvalue weighted by atomic mass is 10.2. The molecule has 4 rings (SSSR count). The standard InChI is InChI=1S/C22H14Cl2N2O4S/c1-29-21(28)14-4-2-3-5-17(14)25-22-26-20(27)19(31-22)11-13-7-9-18(30-13)12-6-8-15(23)16(24)10-12/h2-11H,1H3,(H,25,26,27)/b19-11+. The first-order valence-electron chi connectivity index (χ1n) is 8.97. The van der Waals surface area contributed by atoms with Gasteiger partial charge < -0.3 is 14.5 Å². The quantitative estimate of drug-likeness (QED) is 0.375. The first-order chi connectivity index (χ1) is 14.9. The Morgan fingerprint density at radius 1 is 1.13 bits per heavy atom. The third-order valence-corrected chi connectivity index (χ3v) is 5.94. The summed E-state index contributed by atoms with van der Waals surface area (Å²) in [7, 11) is 1.30. The summed E-state index contributed by atoms with van der Waals surface area (Å²) in [5.74, 6) is 0.270. The molecule has 0 saturated carbocycles. The van der Waals surface area contributed by atoms with Crippen LogP contribution in [0, 0.1) is 0 Å². The average Bonchev–Trinajstić information content (AvgIpc) is 3.36. The third-order valence-electron chi connectivity index (χ3n) is 4.29. The fraction of sp³-hybridized carbons (Fsp3) is 0.0455. The van der Waals surface area contributed by atoms with Crippen molar-refractivity contribution >= 4 is 63.8 Å². The maximum Gasteiger partial charge on any atom is 0.340 e. The molecule has 1 aromatic heterocycles. The average molecular weight is 473 g/mol. The molecule has 156 valence electrons. The fourth-order valence-electron chi connectivity index (χ4n) is 2.81. The second-order valence-corrected chi connectivity index (χ2v) is 8.17. The number of ether oxygens (including phenoxy) is 1. The molecule has 3 aromatic rings. The minimum absolute atomic E-state index is 0.307. The number of hydrogen-bond donors (Lipinski definition) is 1. The van der Waals surface area contributed by atoms with E-state index in [2.05, 4.69) is 10.3 Å². The van der Waals surface area contributed by atoms with Gasteiger partial charge in [0.05, 0.1) is 33.3 Å². The van der Waals surface area contributed by atoms with Crippen molar-refractivity contribution in [2.24, 2.45) is 4.99 Å². The smallest absolute Gasteiger partial charge is 0.340 e. The summed E-state index contributed by atoms with van der Waals surface area (Å²) in [5.41, 5.74) is 1.48. The Balaban J connectivity index is 1.57. The second-order valence-electron chi connectivity index (χ2n) is 6.32. The van der Waals surface area contributed by atoms with Gasteiger partial charge in [0.1, 0.15) is 11.5 Å². The second kappa shape index (κ2) is 9.01. The normalized spacial score (nSPS) is 16.0. The van der Waals surface area contributed by atoms with Crippen LogP contribution in [0.2, 0.25) is 10.0 Å². The number of nitrogens with zero attached hydrogens (tertiary/aromatic N) is 1. The van der Waals surface area contributed by atoms with Crippen LogP contribution >= 0.6 is 35.0 Å². The highest BCUT2D eigenvalue weighted by molar-refractivity contribution is 8.18. The summed E-state index contributed by atoms with van der Waals surface area (Å²) in [6.07, 6.45) is 1.62. The van der Waals surface area contributed by atoms with Gasteiger partial charge >= 0.3 is 5.97 Å². The molecule has 0 radical (unpaired) electrons. The van der Waals surface area contributed by atoms with E-state index in [4.69, 9.17) is 32.4 Å². The number of nitrogens with one attached hydrogen (secondary N) is 1. The molecule has 1 fully saturated rings. The van der Waals surface area contributed by atoms with Crippen LogP contribution < -0.4 is 5.32 Å². The summed E-state index contributed by atoms with van der Waals surface area (Å²) in [5, 5.41) is 3.92. The van der Waals surface area contributed by atoms with Gasteiger partial charge in [-0.15, -0.1) is 0 Å². The van der Waals surface area contributed by atoms with Crippen LogP contribution in [0.1, 0.15) is 16.1 Å². The van der Waals surface area contributed by atoms with Gasteiger partial charge in [-0.05, 0) is 54.2 Å². The molecule has 0 aliphatic carbocycles. The predicted molar refractivity (Wildman–Crippen MR) is 123 cm³/mol. The molecule has 1 aliphatic rings. The number of carbonyl (C=O) groups excluding carboxylic acids is 2. The van der Waals surface area contributed by atoms with Crippen LogP contribution in [0.25, 0.3) is 17.4 Å². The number of furan rings is 1. The SMILES string of the molecule is COC(=O)c1ccccc1N=C1NC(=O)/C(=C\c2ccc(-c3ccc(Cl)c(Cl)c3)o2)S1. The Hall–Kier alpha value is -3.00. The van der Waals surface area contributed by atoms with Crippen molar-refractivity contribution in [2.45, 2.75) is 0 Å². The zero-order valence-corrected chi connectivity index (χ0v) is 18.3. The predicted octanol–water partition coefficient (Wildman–Crippen LogP) is 5.93. The van der Waals surface area contributed by atoms with Gasteiger partial charge in [0, 0.05) is 11.6 Å². The third kappa shape index (κ3) is 4.69. The highest BCUT2D eigenvalue weighted by Gasteiger charge is 2.25. The van der Waals surface area contributed by atoms with E-state index in [9.17, 15) is 9.59 Å². The van der Waals surface area contributed by atoms with Crippen LogP contribution in [0.15, 0.2) is 68.9 Å². The van der Waals surface area contributed by atoms with Crippen LogP contribution in [0.4, 0.5) is 5.69 Å². The molecule has 9 heteroatoms. The number of para-hydroxylation sites is 1. The molecule has 1 aliphatic heterocycles. The van der Waals surface area contributed by atoms with Crippen molar-refractivity contribution in [3.8, 4) is 11.3 Å². The molecular weight excluding hydrogens is 459 g/mol. The van der Waals surface area contributed by atoms with E-state index in [0.717, 1.165) is 17.3 Å². The molecule has 1 saturated heterocycles. The van der Waals surface area contributed by atoms with Crippen molar-refractivity contribution < 1.29 is 18.7 Å². The van der Waals surface area contributed by atoms with E-state index in [-0.39, 0.29) is 5.91 Å². The Morgan fingerprint density at radius 2 is 1.94 bits per heavy atom. The van der Waals surface area contributed by atoms with Gasteiger partial charge in [0.25, 0.3) is 5.91 Å². The molecule has 31 heavy (non-hydrogen) atoms. The molecule has 1 amide bonds. The Kier molecular flexibility index (Phi) is 6.18. The fourth-order valence-corrected chi connectivity index (χ4v) is 3.92. The summed E-state index contributed by atoms with van der Waals surface area (Å²) >= 11 is 13.2. The number of aliphatic imine (C=N–C) groups is 1. The number of halogens is 2. The number of carbonyl (C=O) groups is 2. The largest absolute Gasteiger partial charge is 0.465 e. The van der Waals surface area contributed by atoms with Crippen molar-refractivity contribution in [1.82, 2.24) is 5.32 Å². The molecule has 2 heterocycles. The van der Waals surface area contributed by atoms with Crippen molar-refractivity contribution in [3.05, 3.63) is 80.9 Å². The first kappa shape index (κ1) is 21.2. The molecule has 0 atom stereocenters. The Bertz CT molecular complexity index is 1250. The van der Waals surface area contributed by atoms with Crippen LogP contribution in [-0.4, -0.2) is 24.2 Å². The minimum atomic E-state index is -0.504. The maximum atomic E-state index is 12.4. The molecule has 0 bridgehead atoms. The highest BCUT2D eigenvalue weighted by atomic mass is 35.5. The van der Waals surface area contributed by atoms with Gasteiger partial charge in [0.2, 0.25) is 0 Å². The number of hydrogen-bond acceptors (Lipinski definition) is 6. The van der Waals surface area contributed by atoms with Crippen molar-refractivity contribution in [2.75, 3.05) is 7.11 Å². The van der Waals surface area contributed by atoms with E-state index in [1.165, 1.54) is 7.11 Å². The lowest BCUT2D eigenvalue weighted by Crippen LogP contribution is -2.19. The van der Waals surface area contributed by atoms with Gasteiger partial charge in [-0.2, -0.15) is 0 Å². The van der Waals surface area contributed by atoms with Gasteiger partial charge in [-0.25, -0.2) is 9.79 Å². The highest BCUT2D eigenvalue weighted by Crippen LogP contribution is 2.32. The topological polar surface area (TPSA) is 80.9 Å². The van der Waals surface area contributed by atoms with E-state index in [1.807, 2.05) is 0 Å². The van der Waals surface area contributed by atoms with Gasteiger partial charge in [-0.3, -0.25) is 4.79 Å². The van der Waals surface area contributed by atoms with Crippen LogP contribution in [0.3, 0.4) is 0 Å². The van der Waals surface area contributed by atoms with Gasteiger partial charge in [0.15, 0.2) is 5.17 Å². The Labute approximate surface area is 191 Å². The molecule has 1 N–H and O–H groups in total. The van der Waals surface area contributed by atoms with Crippen molar-refractivity contribution in [1.29, 1.82) is 0 Å². The lowest BCUT2D eigenvalue weighted by molar-refractivity contribution is -0.115. The number of rotatable bonds is 4. The molecule has 0 spiro atoms. The summed E-state index contributed by atoms with van der Waals surface area (Å²) in [4.78, 5) is 29.1. The van der Waals surface area contributed by atoms with E-state index < -0.39 is 5.97 Å². The molecule has 6 nitrogen and oxygen atoms in total. The number of methoxy groups -OCH3 is 1. The van der Waals surface area contributed by atoms with E-state index in [1.54, 1.807) is 60.7 Å². The molecular formula is C22H14Cl2N2O4S. The molecule has 0 unspecified atom stereocenters. The van der Waals surface area contributed by atoms with E-state index in [0.29, 0.717) is 42.9 Å². The van der Waals surface area contributed by atoms with Crippen LogP contribution in [0.5, 0.6) is 0 Å². The van der Waals surface area contributed by atoms with Crippen LogP contribution in [-0.2, 0) is 9.53 Å². The monoisotopic (exact) mass is 472 g/mol. The van der Waals surface area contributed by atoms with E-state index >= 15 is 0 Å². The number of esters is 1. The first-order valence-corrected chi connectivity index (χ1v) is 10.5. The minimum Gasteiger partial charge on any atom is -0.465 e. The summed E-state index contributed by atoms with van der Waals surface area (Å²) < 4.78 is 10.6. The zero-order valence-electron chi connectivity index (χ0n) is 16.0. The number of benzene rings is 2. The summed E-state index contributed by atoms with van der Waals surface area (Å²) in [6.45, 7) is 0. The van der Waals surface area contributed by atoms with Crippen molar-refractivity contribution in [3.63, 3.8) is 0 Å².